The van der Waals surface area contributed by atoms with E-state index in [1.54, 1.807) is 0 Å². The fraction of sp³-hybridized carbons (Fsp3) is 0.667. The molecule has 0 bridgehead atoms. The molecular formula is C9H15NO3S. The van der Waals surface area contributed by atoms with Crippen molar-refractivity contribution in [1.29, 1.82) is 0 Å². The summed E-state index contributed by atoms with van der Waals surface area (Å²) < 4.78 is 21.5. The first-order valence-corrected chi connectivity index (χ1v) is 6.38. The SMILES string of the molecule is C#CC(CCC)NC(=O)CS(C)(=O)=O. The standard InChI is InChI=1S/C9H15NO3S/c1-4-6-8(5-2)10-9(11)7-14(3,12)13/h2,8H,4,6-7H2,1,3H3,(H,10,11). The van der Waals surface area contributed by atoms with Gasteiger partial charge in [-0.05, 0) is 6.42 Å². The van der Waals surface area contributed by atoms with E-state index < -0.39 is 21.5 Å². The summed E-state index contributed by atoms with van der Waals surface area (Å²) in [5.41, 5.74) is 0. The Bertz CT molecular complexity index is 326. The zero-order valence-corrected chi connectivity index (χ0v) is 9.23. The van der Waals surface area contributed by atoms with E-state index in [0.717, 1.165) is 12.7 Å². The largest absolute Gasteiger partial charge is 0.342 e. The number of terminal acetylenes is 1. The molecule has 0 fully saturated rings. The quantitative estimate of drug-likeness (QED) is 0.657. The van der Waals surface area contributed by atoms with Crippen LogP contribution in [0.2, 0.25) is 0 Å². The molecule has 0 heterocycles. The van der Waals surface area contributed by atoms with E-state index in [9.17, 15) is 13.2 Å². The monoisotopic (exact) mass is 217 g/mol. The molecule has 1 N–H and O–H groups in total. The van der Waals surface area contributed by atoms with Crippen LogP contribution in [0.5, 0.6) is 0 Å². The van der Waals surface area contributed by atoms with Crippen molar-refractivity contribution < 1.29 is 13.2 Å². The number of hydrogen-bond donors (Lipinski definition) is 1. The lowest BCUT2D eigenvalue weighted by Gasteiger charge is -2.10. The molecule has 0 aliphatic heterocycles. The van der Waals surface area contributed by atoms with Gasteiger partial charge in [0.25, 0.3) is 0 Å². The number of sulfone groups is 1. The topological polar surface area (TPSA) is 63.2 Å². The molecule has 0 saturated carbocycles. The van der Waals surface area contributed by atoms with Gasteiger partial charge in [0, 0.05) is 6.26 Å². The highest BCUT2D eigenvalue weighted by Gasteiger charge is 2.13. The maximum Gasteiger partial charge on any atom is 0.236 e. The first-order valence-electron chi connectivity index (χ1n) is 4.32. The molecular weight excluding hydrogens is 202 g/mol. The highest BCUT2D eigenvalue weighted by molar-refractivity contribution is 7.91. The van der Waals surface area contributed by atoms with Crippen LogP contribution in [0.4, 0.5) is 0 Å². The molecule has 0 aliphatic rings. The normalized spacial score (nSPS) is 12.9. The Morgan fingerprint density at radius 1 is 1.57 bits per heavy atom. The number of amides is 1. The molecule has 1 amide bonds. The molecule has 0 aromatic heterocycles. The third-order valence-corrected chi connectivity index (χ3v) is 2.29. The van der Waals surface area contributed by atoms with Crippen molar-refractivity contribution in [3.05, 3.63) is 0 Å². The molecule has 0 aromatic rings. The van der Waals surface area contributed by atoms with Crippen LogP contribution in [0.15, 0.2) is 0 Å². The van der Waals surface area contributed by atoms with E-state index in [1.165, 1.54) is 0 Å². The summed E-state index contributed by atoms with van der Waals surface area (Å²) >= 11 is 0. The van der Waals surface area contributed by atoms with Crippen LogP contribution in [-0.4, -0.2) is 32.4 Å². The van der Waals surface area contributed by atoms with Gasteiger partial charge in [0.2, 0.25) is 5.91 Å². The third kappa shape index (κ3) is 6.49. The van der Waals surface area contributed by atoms with Gasteiger partial charge in [-0.2, -0.15) is 0 Å². The number of nitrogens with one attached hydrogen (secondary N) is 1. The lowest BCUT2D eigenvalue weighted by molar-refractivity contribution is -0.119. The van der Waals surface area contributed by atoms with Crippen molar-refractivity contribution in [1.82, 2.24) is 5.32 Å². The fourth-order valence-corrected chi connectivity index (χ4v) is 1.52. The molecule has 4 nitrogen and oxygen atoms in total. The van der Waals surface area contributed by atoms with Crippen LogP contribution in [0.25, 0.3) is 0 Å². The van der Waals surface area contributed by atoms with Crippen LogP contribution < -0.4 is 5.32 Å². The average Bonchev–Trinajstić information content (AvgIpc) is 2.00. The van der Waals surface area contributed by atoms with Gasteiger partial charge < -0.3 is 5.32 Å². The maximum atomic E-state index is 11.1. The Labute approximate surface area is 85.0 Å². The van der Waals surface area contributed by atoms with Crippen LogP contribution in [0, 0.1) is 12.3 Å². The van der Waals surface area contributed by atoms with Crippen molar-refractivity contribution in [2.24, 2.45) is 0 Å². The second-order valence-electron chi connectivity index (χ2n) is 3.15. The number of rotatable bonds is 5. The molecule has 5 heteroatoms. The molecule has 0 saturated heterocycles. The Hall–Kier alpha value is -1.02. The van der Waals surface area contributed by atoms with Crippen LogP contribution >= 0.6 is 0 Å². The lowest BCUT2D eigenvalue weighted by Crippen LogP contribution is -2.37. The van der Waals surface area contributed by atoms with Crippen molar-refractivity contribution in [3.63, 3.8) is 0 Å². The van der Waals surface area contributed by atoms with Gasteiger partial charge in [0.15, 0.2) is 9.84 Å². The Balaban J connectivity index is 4.12. The molecule has 0 rings (SSSR count). The van der Waals surface area contributed by atoms with Gasteiger partial charge in [-0.15, -0.1) is 6.42 Å². The van der Waals surface area contributed by atoms with E-state index in [1.807, 2.05) is 6.92 Å². The molecule has 1 unspecified atom stereocenters. The summed E-state index contributed by atoms with van der Waals surface area (Å²) in [6.07, 6.45) is 7.67. The molecule has 14 heavy (non-hydrogen) atoms. The molecule has 0 spiro atoms. The number of carbonyl (C=O) groups is 1. The van der Waals surface area contributed by atoms with E-state index in [-0.39, 0.29) is 6.04 Å². The summed E-state index contributed by atoms with van der Waals surface area (Å²) in [7, 11) is -3.27. The smallest absolute Gasteiger partial charge is 0.236 e. The lowest BCUT2D eigenvalue weighted by atomic mass is 10.2. The van der Waals surface area contributed by atoms with Crippen molar-refractivity contribution in [2.75, 3.05) is 12.0 Å². The summed E-state index contributed by atoms with van der Waals surface area (Å²) in [4.78, 5) is 11.1. The zero-order chi connectivity index (χ0) is 11.2. The van der Waals surface area contributed by atoms with E-state index >= 15 is 0 Å². The van der Waals surface area contributed by atoms with Gasteiger partial charge in [-0.25, -0.2) is 8.42 Å². The average molecular weight is 217 g/mol. The van der Waals surface area contributed by atoms with E-state index in [2.05, 4.69) is 11.2 Å². The third-order valence-electron chi connectivity index (χ3n) is 1.51. The second-order valence-corrected chi connectivity index (χ2v) is 5.29. The fourth-order valence-electron chi connectivity index (χ4n) is 0.960. The molecule has 80 valence electrons. The Morgan fingerprint density at radius 2 is 2.14 bits per heavy atom. The molecule has 0 radical (unpaired) electrons. The summed E-state index contributed by atoms with van der Waals surface area (Å²) in [5.74, 6) is 1.35. The zero-order valence-electron chi connectivity index (χ0n) is 8.41. The van der Waals surface area contributed by atoms with Crippen molar-refractivity contribution in [2.45, 2.75) is 25.8 Å². The van der Waals surface area contributed by atoms with Crippen LogP contribution in [0.1, 0.15) is 19.8 Å². The maximum absolute atomic E-state index is 11.1. The summed E-state index contributed by atoms with van der Waals surface area (Å²) in [5, 5.41) is 2.47. The molecule has 0 aliphatic carbocycles. The van der Waals surface area contributed by atoms with Crippen LogP contribution in [0.3, 0.4) is 0 Å². The van der Waals surface area contributed by atoms with Gasteiger partial charge >= 0.3 is 0 Å². The predicted octanol–water partition coefficient (Wildman–Crippen LogP) is -0.0509. The van der Waals surface area contributed by atoms with Crippen molar-refractivity contribution >= 4 is 15.7 Å². The Kier molecular flexibility index (Phi) is 5.24. The van der Waals surface area contributed by atoms with E-state index in [0.29, 0.717) is 6.42 Å². The minimum absolute atomic E-state index is 0.366. The summed E-state index contributed by atoms with van der Waals surface area (Å²) in [6.45, 7) is 1.94. The summed E-state index contributed by atoms with van der Waals surface area (Å²) in [6, 6.07) is -0.366. The first kappa shape index (κ1) is 13.0. The second kappa shape index (κ2) is 5.66. The number of carbonyl (C=O) groups excluding carboxylic acids is 1. The minimum Gasteiger partial charge on any atom is -0.342 e. The van der Waals surface area contributed by atoms with Crippen molar-refractivity contribution in [3.8, 4) is 12.3 Å². The Morgan fingerprint density at radius 3 is 2.50 bits per heavy atom. The number of hydrogen-bond acceptors (Lipinski definition) is 3. The molecule has 0 aromatic carbocycles. The van der Waals surface area contributed by atoms with Gasteiger partial charge in [-0.1, -0.05) is 19.3 Å². The van der Waals surface area contributed by atoms with Crippen LogP contribution in [-0.2, 0) is 14.6 Å². The minimum atomic E-state index is -3.27. The van der Waals surface area contributed by atoms with Gasteiger partial charge in [-0.3, -0.25) is 4.79 Å². The highest BCUT2D eigenvalue weighted by Crippen LogP contribution is 1.95. The van der Waals surface area contributed by atoms with E-state index in [4.69, 9.17) is 6.42 Å². The molecule has 1 atom stereocenters. The van der Waals surface area contributed by atoms with Gasteiger partial charge in [0.1, 0.15) is 5.75 Å². The predicted molar refractivity (Wildman–Crippen MR) is 55.4 cm³/mol. The highest BCUT2D eigenvalue weighted by atomic mass is 32.2. The van der Waals surface area contributed by atoms with Gasteiger partial charge in [0.05, 0.1) is 6.04 Å². The first-order chi connectivity index (χ1) is 6.39.